The van der Waals surface area contributed by atoms with Gasteiger partial charge in [-0.1, -0.05) is 33.1 Å². The topological polar surface area (TPSA) is 67.8 Å². The summed E-state index contributed by atoms with van der Waals surface area (Å²) in [6.45, 7) is 13.3. The monoisotopic (exact) mass is 395 g/mol. The van der Waals surface area contributed by atoms with E-state index in [4.69, 9.17) is 9.47 Å². The largest absolute Gasteiger partial charge is 0.475 e. The van der Waals surface area contributed by atoms with Crippen LogP contribution in [-0.4, -0.2) is 47.4 Å². The smallest absolute Gasteiger partial charge is 0.242 e. The highest BCUT2D eigenvalue weighted by molar-refractivity contribution is 8.02. The van der Waals surface area contributed by atoms with Crippen molar-refractivity contribution in [3.05, 3.63) is 36.8 Å². The van der Waals surface area contributed by atoms with Gasteiger partial charge in [0.2, 0.25) is 5.91 Å². The van der Waals surface area contributed by atoms with Crippen LogP contribution in [-0.2, 0) is 14.3 Å². The summed E-state index contributed by atoms with van der Waals surface area (Å²) >= 11 is 1.80. The molecule has 152 valence electrons. The van der Waals surface area contributed by atoms with Crippen molar-refractivity contribution in [1.82, 2.24) is 5.32 Å². The number of carbonyl (C=O) groups is 1. The average molecular weight is 396 g/mol. The van der Waals surface area contributed by atoms with E-state index in [2.05, 4.69) is 18.5 Å². The van der Waals surface area contributed by atoms with Crippen molar-refractivity contribution >= 4 is 17.7 Å². The Morgan fingerprint density at radius 2 is 2.07 bits per heavy atom. The first kappa shape index (κ1) is 22.1. The van der Waals surface area contributed by atoms with Gasteiger partial charge in [0.05, 0.1) is 11.4 Å². The zero-order valence-corrected chi connectivity index (χ0v) is 17.4. The van der Waals surface area contributed by atoms with Gasteiger partial charge in [0.25, 0.3) is 0 Å². The molecule has 5 nitrogen and oxygen atoms in total. The summed E-state index contributed by atoms with van der Waals surface area (Å²) in [7, 11) is 0. The van der Waals surface area contributed by atoms with Crippen LogP contribution in [0.2, 0.25) is 0 Å². The number of aliphatic hydroxyl groups excluding tert-OH is 1. The third kappa shape index (κ3) is 5.87. The van der Waals surface area contributed by atoms with Crippen molar-refractivity contribution in [2.45, 2.75) is 55.9 Å². The van der Waals surface area contributed by atoms with E-state index in [9.17, 15) is 9.90 Å². The highest BCUT2D eigenvalue weighted by Crippen LogP contribution is 2.48. The first-order valence-corrected chi connectivity index (χ1v) is 10.5. The molecule has 6 heteroatoms. The number of amides is 1. The predicted octanol–water partition coefficient (Wildman–Crippen LogP) is 3.56. The molecule has 0 aromatic rings. The molecule has 1 aliphatic carbocycles. The summed E-state index contributed by atoms with van der Waals surface area (Å²) in [6, 6.07) is 0. The number of rotatable bonds is 10. The lowest BCUT2D eigenvalue weighted by atomic mass is 9.83. The fraction of sp³-hybridized carbons (Fsp3) is 0.667. The van der Waals surface area contributed by atoms with Gasteiger partial charge in [-0.15, -0.1) is 11.8 Å². The summed E-state index contributed by atoms with van der Waals surface area (Å²) in [5.74, 6) is 0.362. The minimum absolute atomic E-state index is 0.00448. The van der Waals surface area contributed by atoms with E-state index >= 15 is 0 Å². The Bertz CT molecular complexity index is 575. The van der Waals surface area contributed by atoms with Gasteiger partial charge in [0.1, 0.15) is 6.61 Å². The molecule has 0 aromatic heterocycles. The fourth-order valence-corrected chi connectivity index (χ4v) is 4.70. The normalized spacial score (nSPS) is 20.5. The Morgan fingerprint density at radius 3 is 2.59 bits per heavy atom. The van der Waals surface area contributed by atoms with E-state index in [1.807, 2.05) is 13.8 Å². The van der Waals surface area contributed by atoms with E-state index in [1.165, 1.54) is 0 Å². The van der Waals surface area contributed by atoms with Gasteiger partial charge in [0, 0.05) is 30.0 Å². The molecule has 27 heavy (non-hydrogen) atoms. The fourth-order valence-electron chi connectivity index (χ4n) is 2.95. The van der Waals surface area contributed by atoms with Gasteiger partial charge in [-0.2, -0.15) is 0 Å². The van der Waals surface area contributed by atoms with Crippen LogP contribution in [0.3, 0.4) is 0 Å². The van der Waals surface area contributed by atoms with Crippen molar-refractivity contribution < 1.29 is 19.4 Å². The molecule has 0 atom stereocenters. The van der Waals surface area contributed by atoms with Crippen LogP contribution in [0.5, 0.6) is 0 Å². The van der Waals surface area contributed by atoms with Gasteiger partial charge in [-0.05, 0) is 37.7 Å². The molecule has 2 aliphatic rings. The maximum absolute atomic E-state index is 13.1. The molecular weight excluding hydrogens is 362 g/mol. The van der Waals surface area contributed by atoms with Gasteiger partial charge in [-0.3, -0.25) is 10.1 Å². The number of hydrogen-bond acceptors (Lipinski definition) is 5. The number of carbonyl (C=O) groups excluding carboxylic acids is 1. The molecule has 1 saturated heterocycles. The van der Waals surface area contributed by atoms with E-state index in [1.54, 1.807) is 23.9 Å². The van der Waals surface area contributed by atoms with Crippen LogP contribution in [0.15, 0.2) is 36.8 Å². The van der Waals surface area contributed by atoms with E-state index < -0.39 is 5.41 Å². The summed E-state index contributed by atoms with van der Waals surface area (Å²) in [6.07, 6.45) is 8.18. The predicted molar refractivity (Wildman–Crippen MR) is 110 cm³/mol. The van der Waals surface area contributed by atoms with Crippen LogP contribution in [0.1, 0.15) is 46.0 Å². The number of allylic oxidation sites excluding steroid dienone is 1. The first-order valence-electron chi connectivity index (χ1n) is 9.65. The van der Waals surface area contributed by atoms with Crippen LogP contribution < -0.4 is 5.32 Å². The standard InChI is InChI=1S/C21H33NO4S/c1-5-11-26-18(14-16(2)20(3,4)15-23)22-19(24)21(9-6-10-21)27-17-7-12-25-13-8-17/h5,14,17,23H,1-2,6-13,15H2,3-4H3,(H,22,24)/b18-14-. The van der Waals surface area contributed by atoms with Crippen molar-refractivity contribution in [3.8, 4) is 0 Å². The lowest BCUT2D eigenvalue weighted by Crippen LogP contribution is -2.50. The second-order valence-electron chi connectivity index (χ2n) is 7.91. The quantitative estimate of drug-likeness (QED) is 0.336. The van der Waals surface area contributed by atoms with Gasteiger partial charge < -0.3 is 14.6 Å². The SMILES string of the molecule is C=CCO/C(=C\C(=C)C(C)(C)CO)NC(=O)C1(SC2CCOCC2)CCC1. The third-order valence-corrected chi connectivity index (χ3v) is 7.15. The minimum Gasteiger partial charge on any atom is -0.475 e. The molecule has 2 fully saturated rings. The van der Waals surface area contributed by atoms with Crippen molar-refractivity contribution in [1.29, 1.82) is 0 Å². The van der Waals surface area contributed by atoms with Crippen molar-refractivity contribution in [2.75, 3.05) is 26.4 Å². The minimum atomic E-state index is -0.488. The summed E-state index contributed by atoms with van der Waals surface area (Å²) < 4.78 is 10.7. The van der Waals surface area contributed by atoms with E-state index in [0.29, 0.717) is 23.3 Å². The second kappa shape index (κ2) is 9.80. The second-order valence-corrected chi connectivity index (χ2v) is 9.59. The van der Waals surface area contributed by atoms with Crippen molar-refractivity contribution in [2.24, 2.45) is 5.41 Å². The lowest BCUT2D eigenvalue weighted by molar-refractivity contribution is -0.125. The number of aliphatic hydroxyl groups is 1. The Hall–Kier alpha value is -1.24. The molecule has 1 heterocycles. The maximum atomic E-state index is 13.1. The molecule has 0 bridgehead atoms. The van der Waals surface area contributed by atoms with Crippen LogP contribution >= 0.6 is 11.8 Å². The van der Waals surface area contributed by atoms with Gasteiger partial charge >= 0.3 is 0 Å². The first-order chi connectivity index (χ1) is 12.8. The third-order valence-electron chi connectivity index (χ3n) is 5.30. The number of nitrogens with one attached hydrogen (secondary N) is 1. The Labute approximate surface area is 167 Å². The zero-order valence-electron chi connectivity index (χ0n) is 16.6. The average Bonchev–Trinajstić information content (AvgIpc) is 2.63. The zero-order chi connectivity index (χ0) is 19.9. The van der Waals surface area contributed by atoms with Crippen LogP contribution in [0.25, 0.3) is 0 Å². The molecular formula is C21H33NO4S. The highest BCUT2D eigenvalue weighted by Gasteiger charge is 2.46. The van der Waals surface area contributed by atoms with E-state index in [0.717, 1.165) is 45.3 Å². The molecule has 1 saturated carbocycles. The summed E-state index contributed by atoms with van der Waals surface area (Å²) in [4.78, 5) is 13.1. The van der Waals surface area contributed by atoms with Crippen molar-refractivity contribution in [3.63, 3.8) is 0 Å². The molecule has 2 rings (SSSR count). The van der Waals surface area contributed by atoms with Gasteiger partial charge in [0.15, 0.2) is 5.88 Å². The van der Waals surface area contributed by atoms with Crippen LogP contribution in [0.4, 0.5) is 0 Å². The Kier molecular flexibility index (Phi) is 8.01. The Balaban J connectivity index is 2.08. The van der Waals surface area contributed by atoms with Gasteiger partial charge in [-0.25, -0.2) is 0 Å². The number of thioether (sulfide) groups is 1. The number of hydrogen-bond donors (Lipinski definition) is 2. The molecule has 0 aromatic carbocycles. The Morgan fingerprint density at radius 1 is 1.41 bits per heavy atom. The maximum Gasteiger partial charge on any atom is 0.242 e. The van der Waals surface area contributed by atoms with Crippen LogP contribution in [0, 0.1) is 5.41 Å². The number of ether oxygens (including phenoxy) is 2. The summed E-state index contributed by atoms with van der Waals surface area (Å²) in [5.41, 5.74) is 0.211. The molecule has 1 aliphatic heterocycles. The molecule has 0 radical (unpaired) electrons. The summed E-state index contributed by atoms with van der Waals surface area (Å²) in [5, 5.41) is 13.0. The molecule has 2 N–H and O–H groups in total. The molecule has 1 amide bonds. The van der Waals surface area contributed by atoms with E-state index in [-0.39, 0.29) is 17.3 Å². The molecule has 0 unspecified atom stereocenters. The molecule has 0 spiro atoms. The highest BCUT2D eigenvalue weighted by atomic mass is 32.2. The lowest BCUT2D eigenvalue weighted by Gasteiger charge is -2.42.